The van der Waals surface area contributed by atoms with Crippen molar-refractivity contribution in [3.63, 3.8) is 0 Å². The number of unbranched alkanes of at least 4 members (excludes halogenated alkanes) is 6. The predicted molar refractivity (Wildman–Crippen MR) is 162 cm³/mol. The zero-order valence-electron chi connectivity index (χ0n) is 24.1. The fraction of sp³-hybridized carbons (Fsp3) is 0.806. The van der Waals surface area contributed by atoms with Crippen LogP contribution in [-0.4, -0.2) is 36.8 Å². The Morgan fingerprint density at radius 1 is 0.485 bits per heavy atom. The third kappa shape index (κ3) is 14.8. The van der Waals surface area contributed by atoms with Crippen LogP contribution in [0.4, 0.5) is 0 Å². The minimum absolute atomic E-state index is 1.37. The fourth-order valence-corrected chi connectivity index (χ4v) is 35.2. The molecule has 0 radical (unpaired) electrons. The van der Waals surface area contributed by atoms with E-state index in [1.807, 2.05) is 3.59 Å². The first kappa shape index (κ1) is 33.8. The second-order valence-electron chi connectivity index (χ2n) is 10.9. The molecular formula is C31H62Sn2. The first-order chi connectivity index (χ1) is 16.0. The molecule has 0 N–H and O–H groups in total. The van der Waals surface area contributed by atoms with E-state index in [-0.39, 0.29) is 0 Å². The van der Waals surface area contributed by atoms with Crippen molar-refractivity contribution in [3.8, 4) is 0 Å². The van der Waals surface area contributed by atoms with Crippen LogP contribution in [0, 0.1) is 0 Å². The Hall–Kier alpha value is 0.817. The summed E-state index contributed by atoms with van der Waals surface area (Å²) in [5.74, 6) is 0. The first-order valence-electron chi connectivity index (χ1n) is 15.0. The van der Waals surface area contributed by atoms with Crippen LogP contribution in [0.3, 0.4) is 0 Å². The Balaban J connectivity index is 5.60. The zero-order valence-corrected chi connectivity index (χ0v) is 29.8. The third-order valence-electron chi connectivity index (χ3n) is 7.97. The molecule has 0 nitrogen and oxygen atoms in total. The maximum atomic E-state index is 2.82. The van der Waals surface area contributed by atoms with E-state index in [0.29, 0.717) is 0 Å². The van der Waals surface area contributed by atoms with E-state index in [2.05, 4.69) is 76.9 Å². The van der Waals surface area contributed by atoms with Gasteiger partial charge < -0.3 is 0 Å². The van der Waals surface area contributed by atoms with Crippen LogP contribution in [0.1, 0.15) is 126 Å². The van der Waals surface area contributed by atoms with Gasteiger partial charge in [-0.15, -0.1) is 0 Å². The molecular weight excluding hydrogens is 610 g/mol. The van der Waals surface area contributed by atoms with Crippen LogP contribution in [0.25, 0.3) is 0 Å². The van der Waals surface area contributed by atoms with Crippen molar-refractivity contribution in [3.05, 3.63) is 32.0 Å². The Morgan fingerprint density at radius 3 is 1.21 bits per heavy atom. The molecule has 0 aliphatic heterocycles. The van der Waals surface area contributed by atoms with Gasteiger partial charge in [0, 0.05) is 0 Å². The quantitative estimate of drug-likeness (QED) is 0.0794. The first-order valence-corrected chi connectivity index (χ1v) is 30.2. The van der Waals surface area contributed by atoms with Gasteiger partial charge in [0.1, 0.15) is 0 Å². The summed E-state index contributed by atoms with van der Waals surface area (Å²) in [6, 6.07) is 0. The van der Waals surface area contributed by atoms with Crippen molar-refractivity contribution in [1.29, 1.82) is 0 Å². The van der Waals surface area contributed by atoms with Gasteiger partial charge in [-0.2, -0.15) is 0 Å². The SMILES string of the molecule is CCC[CH2][Sn](/[CH]=C/C=C/C=[C](\C)[Sn]([CH2]CCC)([CH2]CCC)[CH2]CCC)([CH2]CCC)[CH2]CCC. The van der Waals surface area contributed by atoms with Crippen LogP contribution in [0.5, 0.6) is 0 Å². The summed E-state index contributed by atoms with van der Waals surface area (Å²) in [5, 5.41) is 0. The molecule has 194 valence electrons. The predicted octanol–water partition coefficient (Wildman–Crippen LogP) is 11.8. The van der Waals surface area contributed by atoms with Gasteiger partial charge in [0.25, 0.3) is 0 Å². The molecule has 0 saturated heterocycles. The van der Waals surface area contributed by atoms with E-state index in [9.17, 15) is 0 Å². The van der Waals surface area contributed by atoms with Crippen LogP contribution in [0.15, 0.2) is 32.0 Å². The Bertz CT molecular complexity index is 485. The summed E-state index contributed by atoms with van der Waals surface area (Å²) in [5.41, 5.74) is 0. The number of hydrogen-bond donors (Lipinski definition) is 0. The van der Waals surface area contributed by atoms with Gasteiger partial charge in [-0.1, -0.05) is 0 Å². The zero-order chi connectivity index (χ0) is 24.8. The number of hydrogen-bond acceptors (Lipinski definition) is 0. The molecule has 0 unspecified atom stereocenters. The molecule has 0 saturated carbocycles. The van der Waals surface area contributed by atoms with E-state index in [1.54, 1.807) is 26.6 Å². The van der Waals surface area contributed by atoms with Crippen molar-refractivity contribution in [2.75, 3.05) is 0 Å². The average molecular weight is 672 g/mol. The summed E-state index contributed by atoms with van der Waals surface area (Å²) in [7, 11) is 0. The molecule has 0 heterocycles. The van der Waals surface area contributed by atoms with E-state index in [1.165, 1.54) is 77.0 Å². The van der Waals surface area contributed by atoms with Gasteiger partial charge in [-0.25, -0.2) is 0 Å². The molecule has 0 rings (SSSR count). The molecule has 0 aromatic heterocycles. The summed E-state index contributed by atoms with van der Waals surface area (Å²) < 4.78 is 14.2. The molecule has 0 atom stereocenters. The summed E-state index contributed by atoms with van der Waals surface area (Å²) in [6.07, 6.45) is 26.9. The summed E-state index contributed by atoms with van der Waals surface area (Å²) >= 11 is -4.34. The Morgan fingerprint density at radius 2 is 0.848 bits per heavy atom. The van der Waals surface area contributed by atoms with Gasteiger partial charge in [-0.3, -0.25) is 0 Å². The van der Waals surface area contributed by atoms with Gasteiger partial charge in [0.15, 0.2) is 0 Å². The van der Waals surface area contributed by atoms with Crippen LogP contribution >= 0.6 is 0 Å². The Kier molecular flexibility index (Phi) is 22.6. The van der Waals surface area contributed by atoms with Crippen molar-refractivity contribution < 1.29 is 0 Å². The van der Waals surface area contributed by atoms with Crippen LogP contribution in [0.2, 0.25) is 26.6 Å². The summed E-state index contributed by atoms with van der Waals surface area (Å²) in [6.45, 7) is 16.8. The number of rotatable bonds is 22. The van der Waals surface area contributed by atoms with E-state index < -0.39 is 36.8 Å². The molecule has 0 aromatic rings. The molecule has 0 aromatic carbocycles. The van der Waals surface area contributed by atoms with Crippen LogP contribution in [-0.2, 0) is 0 Å². The monoisotopic (exact) mass is 674 g/mol. The molecule has 33 heavy (non-hydrogen) atoms. The second kappa shape index (κ2) is 22.0. The van der Waals surface area contributed by atoms with Gasteiger partial charge in [0.2, 0.25) is 0 Å². The maximum absolute atomic E-state index is 2.82. The van der Waals surface area contributed by atoms with Gasteiger partial charge >= 0.3 is 221 Å². The standard InChI is InChI=1S/C7H8.6C4H9.2Sn/c1-3-5-7-6-4-2;6*1-3-4-2;;/h1,3,5-7H,2H3;6*1,3-4H2,2H3;;/b3-1?,6-4?,7-5+;;;;;;;;. The molecule has 0 aliphatic carbocycles. The molecule has 0 amide bonds. The van der Waals surface area contributed by atoms with E-state index in [0.717, 1.165) is 0 Å². The molecule has 0 bridgehead atoms. The van der Waals surface area contributed by atoms with Crippen LogP contribution < -0.4 is 0 Å². The van der Waals surface area contributed by atoms with Crippen molar-refractivity contribution in [1.82, 2.24) is 0 Å². The fourth-order valence-electron chi connectivity index (χ4n) is 5.42. The topological polar surface area (TPSA) is 0 Å². The van der Waals surface area contributed by atoms with Crippen molar-refractivity contribution in [2.45, 2.75) is 152 Å². The molecule has 0 aliphatic rings. The normalized spacial score (nSPS) is 13.6. The molecule has 2 heteroatoms. The molecule has 0 fully saturated rings. The third-order valence-corrected chi connectivity index (χ3v) is 38.6. The average Bonchev–Trinajstić information content (AvgIpc) is 2.84. The summed E-state index contributed by atoms with van der Waals surface area (Å²) in [4.78, 5) is 0. The van der Waals surface area contributed by atoms with E-state index >= 15 is 0 Å². The van der Waals surface area contributed by atoms with Gasteiger partial charge in [0.05, 0.1) is 0 Å². The Labute approximate surface area is 219 Å². The molecule has 0 spiro atoms. The van der Waals surface area contributed by atoms with Crippen molar-refractivity contribution in [2.24, 2.45) is 0 Å². The number of allylic oxidation sites excluding steroid dienone is 5. The van der Waals surface area contributed by atoms with E-state index in [4.69, 9.17) is 0 Å². The van der Waals surface area contributed by atoms with Crippen molar-refractivity contribution >= 4 is 36.8 Å². The van der Waals surface area contributed by atoms with Gasteiger partial charge in [-0.05, 0) is 0 Å². The minimum atomic E-state index is -2.21. The second-order valence-corrected chi connectivity index (χ2v) is 37.7.